The summed E-state index contributed by atoms with van der Waals surface area (Å²) >= 11 is 0. The molecule has 4 nitrogen and oxygen atoms in total. The van der Waals surface area contributed by atoms with Crippen LogP contribution in [-0.4, -0.2) is 28.3 Å². The summed E-state index contributed by atoms with van der Waals surface area (Å²) in [6, 6.07) is 15.7. The Kier molecular flexibility index (Phi) is 5.27. The van der Waals surface area contributed by atoms with Crippen LogP contribution in [0.15, 0.2) is 42.5 Å². The molecular weight excluding hydrogens is 288 g/mol. The molecule has 0 unspecified atom stereocenters. The van der Waals surface area contributed by atoms with Crippen molar-refractivity contribution < 1.29 is 9.47 Å². The van der Waals surface area contributed by atoms with Crippen LogP contribution in [0.5, 0.6) is 11.5 Å². The molecule has 23 heavy (non-hydrogen) atoms. The molecule has 0 aromatic heterocycles. The molecule has 0 radical (unpaired) electrons. The number of nitrogens with zero attached hydrogens (tertiary/aromatic N) is 2. The van der Waals surface area contributed by atoms with Gasteiger partial charge in [-0.25, -0.2) is 0 Å². The molecule has 0 saturated heterocycles. The van der Waals surface area contributed by atoms with Crippen molar-refractivity contribution in [1.82, 2.24) is 0 Å². The fourth-order valence-corrected chi connectivity index (χ4v) is 2.22. The van der Waals surface area contributed by atoms with Crippen molar-refractivity contribution in [3.05, 3.63) is 53.6 Å². The van der Waals surface area contributed by atoms with Gasteiger partial charge in [-0.1, -0.05) is 12.1 Å². The van der Waals surface area contributed by atoms with Gasteiger partial charge >= 0.3 is 0 Å². The summed E-state index contributed by atoms with van der Waals surface area (Å²) in [7, 11) is 7.16. The van der Waals surface area contributed by atoms with E-state index in [4.69, 9.17) is 9.47 Å². The molecule has 0 amide bonds. The monoisotopic (exact) mass is 308 g/mol. The fraction of sp³-hybridized carbons (Fsp3) is 0.211. The van der Waals surface area contributed by atoms with Gasteiger partial charge in [0.2, 0.25) is 0 Å². The zero-order valence-electron chi connectivity index (χ0n) is 13.8. The van der Waals surface area contributed by atoms with Gasteiger partial charge in [-0.05, 0) is 47.5 Å². The van der Waals surface area contributed by atoms with Crippen molar-refractivity contribution in [1.29, 1.82) is 5.26 Å². The zero-order valence-corrected chi connectivity index (χ0v) is 13.8. The van der Waals surface area contributed by atoms with E-state index in [1.54, 1.807) is 20.3 Å². The van der Waals surface area contributed by atoms with Gasteiger partial charge in [0.15, 0.2) is 11.5 Å². The third kappa shape index (κ3) is 3.83. The highest BCUT2D eigenvalue weighted by Gasteiger charge is 2.08. The Bertz CT molecular complexity index is 741. The molecule has 2 aromatic rings. The molecule has 2 rings (SSSR count). The Hall–Kier alpha value is -2.93. The van der Waals surface area contributed by atoms with Crippen LogP contribution in [0.2, 0.25) is 0 Å². The molecule has 4 heteroatoms. The number of methoxy groups -OCH3 is 2. The average Bonchev–Trinajstić information content (AvgIpc) is 2.59. The van der Waals surface area contributed by atoms with E-state index in [2.05, 4.69) is 6.07 Å². The predicted molar refractivity (Wildman–Crippen MR) is 93.8 cm³/mol. The molecule has 0 aliphatic carbocycles. The smallest absolute Gasteiger partial charge is 0.161 e. The highest BCUT2D eigenvalue weighted by Crippen LogP contribution is 2.31. The normalized spacial score (nSPS) is 10.8. The first-order valence-electron chi connectivity index (χ1n) is 7.20. The van der Waals surface area contributed by atoms with Crippen LogP contribution < -0.4 is 14.4 Å². The molecule has 0 aliphatic rings. The Morgan fingerprint density at radius 2 is 1.65 bits per heavy atom. The summed E-state index contributed by atoms with van der Waals surface area (Å²) in [5.41, 5.74) is 3.46. The van der Waals surface area contributed by atoms with Crippen LogP contribution in [0.1, 0.15) is 11.1 Å². The quantitative estimate of drug-likeness (QED) is 0.622. The summed E-state index contributed by atoms with van der Waals surface area (Å²) in [4.78, 5) is 2.03. The number of nitriles is 1. The van der Waals surface area contributed by atoms with Gasteiger partial charge in [-0.2, -0.15) is 5.26 Å². The summed E-state index contributed by atoms with van der Waals surface area (Å²) in [5, 5.41) is 9.48. The summed E-state index contributed by atoms with van der Waals surface area (Å²) in [6.45, 7) is 0. The fourth-order valence-electron chi connectivity index (χ4n) is 2.22. The first-order chi connectivity index (χ1) is 11.1. The van der Waals surface area contributed by atoms with Crippen molar-refractivity contribution in [2.45, 2.75) is 0 Å². The van der Waals surface area contributed by atoms with Crippen molar-refractivity contribution >= 4 is 17.3 Å². The maximum atomic E-state index is 9.48. The lowest BCUT2D eigenvalue weighted by atomic mass is 10.0. The molecule has 0 heterocycles. The van der Waals surface area contributed by atoms with E-state index in [9.17, 15) is 5.26 Å². The molecule has 118 valence electrons. The maximum Gasteiger partial charge on any atom is 0.161 e. The van der Waals surface area contributed by atoms with Crippen LogP contribution >= 0.6 is 0 Å². The minimum atomic E-state index is 0.573. The average molecular weight is 308 g/mol. The molecule has 0 N–H and O–H groups in total. The van der Waals surface area contributed by atoms with Crippen LogP contribution in [0.4, 0.5) is 5.69 Å². The Labute approximate surface area is 137 Å². The van der Waals surface area contributed by atoms with Gasteiger partial charge in [0, 0.05) is 19.8 Å². The highest BCUT2D eigenvalue weighted by atomic mass is 16.5. The molecule has 0 atom stereocenters. The Balaban J connectivity index is 2.37. The van der Waals surface area contributed by atoms with Gasteiger partial charge < -0.3 is 14.4 Å². The molecule has 0 spiro atoms. The van der Waals surface area contributed by atoms with E-state index >= 15 is 0 Å². The SMILES string of the molecule is COc1ccc(/C(C#N)=C\c2ccc(N(C)C)cc2)cc1OC. The lowest BCUT2D eigenvalue weighted by Gasteiger charge is -2.12. The second-order valence-corrected chi connectivity index (χ2v) is 5.23. The van der Waals surface area contributed by atoms with Crippen molar-refractivity contribution in [3.8, 4) is 17.6 Å². The molecule has 0 saturated carbocycles. The van der Waals surface area contributed by atoms with Gasteiger partial charge in [-0.3, -0.25) is 0 Å². The Morgan fingerprint density at radius 1 is 1.00 bits per heavy atom. The number of rotatable bonds is 5. The highest BCUT2D eigenvalue weighted by molar-refractivity contribution is 5.90. The first kappa shape index (κ1) is 16.4. The van der Waals surface area contributed by atoms with Gasteiger partial charge in [0.1, 0.15) is 0 Å². The zero-order chi connectivity index (χ0) is 16.8. The number of ether oxygens (including phenoxy) is 2. The number of hydrogen-bond donors (Lipinski definition) is 0. The van der Waals surface area contributed by atoms with E-state index in [0.29, 0.717) is 17.1 Å². The van der Waals surface area contributed by atoms with Gasteiger partial charge in [0.25, 0.3) is 0 Å². The minimum Gasteiger partial charge on any atom is -0.493 e. The van der Waals surface area contributed by atoms with Gasteiger partial charge in [0.05, 0.1) is 25.9 Å². The van der Waals surface area contributed by atoms with E-state index in [0.717, 1.165) is 16.8 Å². The molecule has 0 aliphatic heterocycles. The van der Waals surface area contributed by atoms with E-state index in [1.807, 2.05) is 61.5 Å². The van der Waals surface area contributed by atoms with E-state index < -0.39 is 0 Å². The van der Waals surface area contributed by atoms with Crippen LogP contribution in [0.25, 0.3) is 11.6 Å². The van der Waals surface area contributed by atoms with Crippen molar-refractivity contribution in [2.75, 3.05) is 33.2 Å². The van der Waals surface area contributed by atoms with Crippen LogP contribution in [-0.2, 0) is 0 Å². The molecule has 0 fully saturated rings. The molecule has 2 aromatic carbocycles. The number of benzene rings is 2. The maximum absolute atomic E-state index is 9.48. The second-order valence-electron chi connectivity index (χ2n) is 5.23. The number of anilines is 1. The minimum absolute atomic E-state index is 0.573. The number of hydrogen-bond acceptors (Lipinski definition) is 4. The van der Waals surface area contributed by atoms with Gasteiger partial charge in [-0.15, -0.1) is 0 Å². The first-order valence-corrected chi connectivity index (χ1v) is 7.20. The topological polar surface area (TPSA) is 45.5 Å². The standard InChI is InChI=1S/C19H20N2O2/c1-21(2)17-8-5-14(6-9-17)11-16(13-20)15-7-10-18(22-3)19(12-15)23-4/h5-12H,1-4H3/b16-11-. The predicted octanol–water partition coefficient (Wildman–Crippen LogP) is 3.83. The Morgan fingerprint density at radius 3 is 2.17 bits per heavy atom. The third-order valence-electron chi connectivity index (χ3n) is 3.54. The second kappa shape index (κ2) is 7.37. The third-order valence-corrected chi connectivity index (χ3v) is 3.54. The lowest BCUT2D eigenvalue weighted by Crippen LogP contribution is -2.07. The summed E-state index contributed by atoms with van der Waals surface area (Å²) in [6.07, 6.45) is 1.86. The van der Waals surface area contributed by atoms with E-state index in [1.165, 1.54) is 0 Å². The molecule has 0 bridgehead atoms. The van der Waals surface area contributed by atoms with Crippen LogP contribution in [0.3, 0.4) is 0 Å². The van der Waals surface area contributed by atoms with Crippen molar-refractivity contribution in [2.24, 2.45) is 0 Å². The lowest BCUT2D eigenvalue weighted by molar-refractivity contribution is 0.355. The van der Waals surface area contributed by atoms with Crippen LogP contribution in [0, 0.1) is 11.3 Å². The summed E-state index contributed by atoms with van der Waals surface area (Å²) in [5.74, 6) is 1.25. The summed E-state index contributed by atoms with van der Waals surface area (Å²) < 4.78 is 10.5. The van der Waals surface area contributed by atoms with E-state index in [-0.39, 0.29) is 0 Å². The largest absolute Gasteiger partial charge is 0.493 e. The molecular formula is C19H20N2O2. The van der Waals surface area contributed by atoms with Crippen molar-refractivity contribution in [3.63, 3.8) is 0 Å². The number of allylic oxidation sites excluding steroid dienone is 1.